The monoisotopic (exact) mass is 393 g/mol. The van der Waals surface area contributed by atoms with E-state index in [0.717, 1.165) is 12.0 Å². The summed E-state index contributed by atoms with van der Waals surface area (Å²) in [6, 6.07) is 17.2. The van der Waals surface area contributed by atoms with Crippen LogP contribution in [0.2, 0.25) is 0 Å². The molecule has 0 spiro atoms. The summed E-state index contributed by atoms with van der Waals surface area (Å²) in [6.45, 7) is 2.45. The van der Waals surface area contributed by atoms with Gasteiger partial charge in [0.05, 0.1) is 16.2 Å². The molecule has 0 saturated carbocycles. The van der Waals surface area contributed by atoms with Gasteiger partial charge in [0.25, 0.3) is 5.56 Å². The van der Waals surface area contributed by atoms with Gasteiger partial charge in [-0.3, -0.25) is 9.36 Å². The first kappa shape index (κ1) is 18.2. The Labute approximate surface area is 164 Å². The smallest absolute Gasteiger partial charge is 0.309 e. The largest absolute Gasteiger partial charge is 0.343 e. The maximum Gasteiger partial charge on any atom is 0.343 e. The number of fused-ring (bicyclic) bond motifs is 1. The molecule has 8 heteroatoms. The predicted molar refractivity (Wildman–Crippen MR) is 110 cm³/mol. The summed E-state index contributed by atoms with van der Waals surface area (Å²) in [5.41, 5.74) is 1.39. The molecule has 0 aliphatic heterocycles. The number of hydrogen-bond donors (Lipinski definition) is 2. The van der Waals surface area contributed by atoms with Crippen LogP contribution >= 0.6 is 11.8 Å². The fraction of sp³-hybridized carbons (Fsp3) is 0.200. The molecule has 0 bridgehead atoms. The fourth-order valence-corrected chi connectivity index (χ4v) is 3.93. The molecule has 2 aromatic carbocycles. The average molecular weight is 393 g/mol. The second kappa shape index (κ2) is 7.85. The molecule has 28 heavy (non-hydrogen) atoms. The van der Waals surface area contributed by atoms with Crippen molar-refractivity contribution in [2.24, 2.45) is 0 Å². The van der Waals surface area contributed by atoms with Gasteiger partial charge in [0, 0.05) is 6.54 Å². The van der Waals surface area contributed by atoms with Crippen molar-refractivity contribution >= 4 is 22.7 Å². The Morgan fingerprint density at radius 3 is 2.64 bits per heavy atom. The Bertz CT molecular complexity index is 1210. The van der Waals surface area contributed by atoms with E-state index in [9.17, 15) is 9.59 Å². The van der Waals surface area contributed by atoms with E-state index in [1.54, 1.807) is 10.6 Å². The molecule has 0 aliphatic rings. The van der Waals surface area contributed by atoms with Crippen LogP contribution in [0, 0.1) is 0 Å². The summed E-state index contributed by atoms with van der Waals surface area (Å²) in [6.07, 6.45) is 0.729. The van der Waals surface area contributed by atoms with Crippen LogP contribution in [0.5, 0.6) is 0 Å². The first-order valence-electron chi connectivity index (χ1n) is 8.96. The first-order chi connectivity index (χ1) is 13.6. The number of benzene rings is 2. The zero-order chi connectivity index (χ0) is 19.5. The molecule has 0 aliphatic carbocycles. The minimum atomic E-state index is -0.245. The van der Waals surface area contributed by atoms with E-state index in [0.29, 0.717) is 28.4 Å². The Hall–Kier alpha value is -3.13. The summed E-state index contributed by atoms with van der Waals surface area (Å²) >= 11 is 1.38. The fourth-order valence-electron chi connectivity index (χ4n) is 2.99. The van der Waals surface area contributed by atoms with Crippen molar-refractivity contribution in [2.75, 3.05) is 0 Å². The lowest BCUT2D eigenvalue weighted by Gasteiger charge is -2.11. The molecule has 0 amide bonds. The Morgan fingerprint density at radius 1 is 1.07 bits per heavy atom. The van der Waals surface area contributed by atoms with Gasteiger partial charge in [-0.25, -0.2) is 14.9 Å². The van der Waals surface area contributed by atoms with Gasteiger partial charge in [-0.2, -0.15) is 0 Å². The molecule has 0 unspecified atom stereocenters. The van der Waals surface area contributed by atoms with E-state index in [1.807, 2.05) is 55.5 Å². The summed E-state index contributed by atoms with van der Waals surface area (Å²) < 4.78 is 1.62. The van der Waals surface area contributed by atoms with Gasteiger partial charge in [0.2, 0.25) is 0 Å². The quantitative estimate of drug-likeness (QED) is 0.491. The molecule has 2 N–H and O–H groups in total. The van der Waals surface area contributed by atoms with E-state index in [4.69, 9.17) is 0 Å². The van der Waals surface area contributed by atoms with E-state index in [-0.39, 0.29) is 16.5 Å². The molecular weight excluding hydrogens is 374 g/mol. The van der Waals surface area contributed by atoms with Gasteiger partial charge in [0.15, 0.2) is 5.16 Å². The molecule has 1 atom stereocenters. The minimum absolute atomic E-state index is 0.170. The Morgan fingerprint density at radius 2 is 1.82 bits per heavy atom. The van der Waals surface area contributed by atoms with E-state index < -0.39 is 0 Å². The number of nitrogens with one attached hydrogen (secondary N) is 2. The molecule has 7 nitrogen and oxygen atoms in total. The van der Waals surface area contributed by atoms with Crippen LogP contribution in [0.15, 0.2) is 69.3 Å². The predicted octanol–water partition coefficient (Wildman–Crippen LogP) is 2.90. The third-order valence-corrected chi connectivity index (χ3v) is 5.59. The molecule has 142 valence electrons. The molecule has 4 aromatic rings. The van der Waals surface area contributed by atoms with Gasteiger partial charge in [-0.1, -0.05) is 54.2 Å². The standard InChI is InChI=1S/C20H19N5O2S/c1-13(17-21-16-10-6-5-9-15(16)18(26)22-17)28-20-24-23-19(27)25(20)12-11-14-7-3-2-4-8-14/h2-10,13H,11-12H2,1H3,(H,23,27)(H,21,22,26)/t13-/m0/s1. The number of aromatic nitrogens is 5. The Kier molecular flexibility index (Phi) is 5.12. The topological polar surface area (TPSA) is 96.4 Å². The summed E-state index contributed by atoms with van der Waals surface area (Å²) in [7, 11) is 0. The second-order valence-electron chi connectivity index (χ2n) is 6.43. The van der Waals surface area contributed by atoms with Crippen LogP contribution in [-0.2, 0) is 13.0 Å². The minimum Gasteiger partial charge on any atom is -0.309 e. The Balaban J connectivity index is 1.56. The highest BCUT2D eigenvalue weighted by Gasteiger charge is 2.17. The van der Waals surface area contributed by atoms with Crippen LogP contribution in [0.4, 0.5) is 0 Å². The molecule has 0 fully saturated rings. The van der Waals surface area contributed by atoms with Crippen molar-refractivity contribution < 1.29 is 0 Å². The number of thioether (sulfide) groups is 1. The van der Waals surface area contributed by atoms with E-state index in [2.05, 4.69) is 20.2 Å². The molecule has 0 radical (unpaired) electrons. The van der Waals surface area contributed by atoms with Gasteiger partial charge in [-0.15, -0.1) is 5.10 Å². The highest BCUT2D eigenvalue weighted by molar-refractivity contribution is 7.99. The van der Waals surface area contributed by atoms with Crippen LogP contribution in [0.3, 0.4) is 0 Å². The molecule has 0 saturated heterocycles. The van der Waals surface area contributed by atoms with Gasteiger partial charge in [-0.05, 0) is 31.0 Å². The van der Waals surface area contributed by atoms with Crippen LogP contribution in [0.1, 0.15) is 23.6 Å². The third-order valence-electron chi connectivity index (χ3n) is 4.49. The number of hydrogen-bond acceptors (Lipinski definition) is 5. The lowest BCUT2D eigenvalue weighted by atomic mass is 10.1. The number of nitrogens with zero attached hydrogens (tertiary/aromatic N) is 3. The number of rotatable bonds is 6. The van der Waals surface area contributed by atoms with Gasteiger partial charge < -0.3 is 4.98 Å². The first-order valence-corrected chi connectivity index (χ1v) is 9.84. The zero-order valence-electron chi connectivity index (χ0n) is 15.3. The van der Waals surface area contributed by atoms with E-state index >= 15 is 0 Å². The lowest BCUT2D eigenvalue weighted by Crippen LogP contribution is -2.19. The van der Waals surface area contributed by atoms with Crippen molar-refractivity contribution in [1.82, 2.24) is 24.7 Å². The van der Waals surface area contributed by atoms with Crippen LogP contribution in [0.25, 0.3) is 10.9 Å². The summed E-state index contributed by atoms with van der Waals surface area (Å²) in [4.78, 5) is 31.9. The summed E-state index contributed by atoms with van der Waals surface area (Å²) in [5.74, 6) is 0.554. The van der Waals surface area contributed by atoms with Crippen LogP contribution < -0.4 is 11.2 Å². The van der Waals surface area contributed by atoms with E-state index in [1.165, 1.54) is 11.8 Å². The number of aromatic amines is 2. The zero-order valence-corrected chi connectivity index (χ0v) is 16.1. The van der Waals surface area contributed by atoms with Crippen molar-refractivity contribution in [1.29, 1.82) is 0 Å². The maximum absolute atomic E-state index is 12.3. The normalized spacial score (nSPS) is 12.3. The SMILES string of the molecule is C[C@H](Sc1n[nH]c(=O)n1CCc1ccccc1)c1nc2ccccc2c(=O)[nH]1. The molecule has 4 rings (SSSR count). The van der Waals surface area contributed by atoms with Crippen molar-refractivity contribution in [2.45, 2.75) is 30.3 Å². The maximum atomic E-state index is 12.3. The second-order valence-corrected chi connectivity index (χ2v) is 7.73. The number of para-hydroxylation sites is 1. The lowest BCUT2D eigenvalue weighted by molar-refractivity contribution is 0.614. The molecule has 2 heterocycles. The van der Waals surface area contributed by atoms with Crippen LogP contribution in [-0.4, -0.2) is 24.7 Å². The van der Waals surface area contributed by atoms with Gasteiger partial charge in [0.1, 0.15) is 5.82 Å². The third kappa shape index (κ3) is 3.77. The van der Waals surface area contributed by atoms with Crippen molar-refractivity contribution in [3.05, 3.63) is 86.8 Å². The van der Waals surface area contributed by atoms with Gasteiger partial charge >= 0.3 is 5.69 Å². The highest BCUT2D eigenvalue weighted by Crippen LogP contribution is 2.31. The highest BCUT2D eigenvalue weighted by atomic mass is 32.2. The number of aryl methyl sites for hydroxylation is 1. The van der Waals surface area contributed by atoms with Crippen molar-refractivity contribution in [3.8, 4) is 0 Å². The number of H-pyrrole nitrogens is 2. The summed E-state index contributed by atoms with van der Waals surface area (Å²) in [5, 5.41) is 7.62. The molecular formula is C20H19N5O2S. The molecule has 2 aromatic heterocycles. The van der Waals surface area contributed by atoms with Crippen molar-refractivity contribution in [3.63, 3.8) is 0 Å². The average Bonchev–Trinajstić information content (AvgIpc) is 3.06.